The van der Waals surface area contributed by atoms with Crippen LogP contribution in [0.15, 0.2) is 24.3 Å². The number of hydrogen-bond donors (Lipinski definition) is 0. The number of methoxy groups -OCH3 is 1. The second-order valence-corrected chi connectivity index (χ2v) is 4.27. The van der Waals surface area contributed by atoms with E-state index in [9.17, 15) is 14.4 Å². The Hall–Kier alpha value is -2.37. The number of para-hydroxylation sites is 1. The van der Waals surface area contributed by atoms with Crippen LogP contribution in [0, 0.1) is 0 Å². The quantitative estimate of drug-likeness (QED) is 0.747. The van der Waals surface area contributed by atoms with Gasteiger partial charge < -0.3 is 14.4 Å². The van der Waals surface area contributed by atoms with E-state index >= 15 is 0 Å². The molecule has 0 saturated carbocycles. The first kappa shape index (κ1) is 16.7. The minimum atomic E-state index is -0.518. The molecule has 0 aliphatic heterocycles. The summed E-state index contributed by atoms with van der Waals surface area (Å²) in [5.74, 6) is -1.21. The standard InChI is InChI=1S/C15H19NO5/c1-4-21-14(18)10-9-13(17)16(2)12-8-6-5-7-11(12)15(19)20-3/h5-8H,4,9-10H2,1-3H3. The van der Waals surface area contributed by atoms with Gasteiger partial charge in [0.25, 0.3) is 0 Å². The van der Waals surface area contributed by atoms with Crippen LogP contribution in [0.25, 0.3) is 0 Å². The highest BCUT2D eigenvalue weighted by Gasteiger charge is 2.19. The molecule has 0 radical (unpaired) electrons. The van der Waals surface area contributed by atoms with Gasteiger partial charge in [0.2, 0.25) is 5.91 Å². The maximum absolute atomic E-state index is 12.1. The first-order valence-electron chi connectivity index (χ1n) is 6.60. The fourth-order valence-corrected chi connectivity index (χ4v) is 1.79. The second-order valence-electron chi connectivity index (χ2n) is 4.27. The predicted octanol–water partition coefficient (Wildman–Crippen LogP) is 1.78. The van der Waals surface area contributed by atoms with Crippen molar-refractivity contribution in [2.45, 2.75) is 19.8 Å². The summed E-state index contributed by atoms with van der Waals surface area (Å²) in [7, 11) is 2.83. The molecule has 1 rings (SSSR count). The van der Waals surface area contributed by atoms with E-state index in [4.69, 9.17) is 4.74 Å². The van der Waals surface area contributed by atoms with E-state index in [2.05, 4.69) is 4.74 Å². The van der Waals surface area contributed by atoms with Crippen LogP contribution in [0.1, 0.15) is 30.1 Å². The zero-order chi connectivity index (χ0) is 15.8. The molecule has 0 aliphatic rings. The van der Waals surface area contributed by atoms with Crippen LogP contribution < -0.4 is 4.90 Å². The molecule has 0 N–H and O–H groups in total. The lowest BCUT2D eigenvalue weighted by Crippen LogP contribution is -2.28. The Morgan fingerprint density at radius 3 is 2.43 bits per heavy atom. The van der Waals surface area contributed by atoms with Crippen molar-refractivity contribution in [1.82, 2.24) is 0 Å². The molecule has 0 saturated heterocycles. The summed E-state index contributed by atoms with van der Waals surface area (Å²) >= 11 is 0. The normalized spacial score (nSPS) is 9.86. The van der Waals surface area contributed by atoms with E-state index in [-0.39, 0.29) is 25.4 Å². The Bertz CT molecular complexity index is 527. The van der Waals surface area contributed by atoms with Gasteiger partial charge in [-0.25, -0.2) is 4.79 Å². The van der Waals surface area contributed by atoms with Crippen LogP contribution in [0.2, 0.25) is 0 Å². The summed E-state index contributed by atoms with van der Waals surface area (Å²) in [5, 5.41) is 0. The van der Waals surface area contributed by atoms with E-state index < -0.39 is 11.9 Å². The Morgan fingerprint density at radius 1 is 1.14 bits per heavy atom. The SMILES string of the molecule is CCOC(=O)CCC(=O)N(C)c1ccccc1C(=O)OC. The summed E-state index contributed by atoms with van der Waals surface area (Å²) in [6.07, 6.45) is 0.0300. The monoisotopic (exact) mass is 293 g/mol. The highest BCUT2D eigenvalue weighted by Crippen LogP contribution is 2.21. The maximum atomic E-state index is 12.1. The van der Waals surface area contributed by atoms with Gasteiger partial charge in [0, 0.05) is 13.5 Å². The predicted molar refractivity (Wildman–Crippen MR) is 77.1 cm³/mol. The molecule has 6 nitrogen and oxygen atoms in total. The minimum Gasteiger partial charge on any atom is -0.466 e. The van der Waals surface area contributed by atoms with Gasteiger partial charge in [0.15, 0.2) is 0 Å². The molecule has 0 aliphatic carbocycles. The molecule has 0 fully saturated rings. The first-order valence-corrected chi connectivity index (χ1v) is 6.60. The Kier molecular flexibility index (Phi) is 6.39. The van der Waals surface area contributed by atoms with Crippen LogP contribution in [-0.2, 0) is 19.1 Å². The number of carbonyl (C=O) groups excluding carboxylic acids is 3. The summed E-state index contributed by atoms with van der Waals surface area (Å²) in [6.45, 7) is 1.99. The highest BCUT2D eigenvalue weighted by atomic mass is 16.5. The van der Waals surface area contributed by atoms with Gasteiger partial charge >= 0.3 is 11.9 Å². The topological polar surface area (TPSA) is 72.9 Å². The van der Waals surface area contributed by atoms with Crippen molar-refractivity contribution in [1.29, 1.82) is 0 Å². The lowest BCUT2D eigenvalue weighted by Gasteiger charge is -2.19. The lowest BCUT2D eigenvalue weighted by molar-refractivity contribution is -0.144. The van der Waals surface area contributed by atoms with Crippen molar-refractivity contribution in [2.24, 2.45) is 0 Å². The number of hydrogen-bond acceptors (Lipinski definition) is 5. The van der Waals surface area contributed by atoms with Crippen molar-refractivity contribution >= 4 is 23.5 Å². The van der Waals surface area contributed by atoms with E-state index in [1.54, 1.807) is 38.2 Å². The number of anilines is 1. The van der Waals surface area contributed by atoms with Gasteiger partial charge in [-0.3, -0.25) is 9.59 Å². The molecule has 0 atom stereocenters. The number of carbonyl (C=O) groups is 3. The average molecular weight is 293 g/mol. The summed E-state index contributed by atoms with van der Waals surface area (Å²) in [5.41, 5.74) is 0.741. The molecular formula is C15H19NO5. The Morgan fingerprint density at radius 2 is 1.81 bits per heavy atom. The zero-order valence-electron chi connectivity index (χ0n) is 12.4. The third kappa shape index (κ3) is 4.59. The van der Waals surface area contributed by atoms with Crippen molar-refractivity contribution < 1.29 is 23.9 Å². The van der Waals surface area contributed by atoms with Crippen LogP contribution in [0.4, 0.5) is 5.69 Å². The lowest BCUT2D eigenvalue weighted by atomic mass is 10.1. The number of rotatable bonds is 6. The molecule has 1 amide bonds. The minimum absolute atomic E-state index is 0.0113. The van der Waals surface area contributed by atoms with E-state index in [1.165, 1.54) is 12.0 Å². The largest absolute Gasteiger partial charge is 0.466 e. The molecule has 1 aromatic rings. The molecule has 1 aromatic carbocycles. The van der Waals surface area contributed by atoms with Crippen LogP contribution in [0.5, 0.6) is 0 Å². The Balaban J connectivity index is 2.79. The average Bonchev–Trinajstić information content (AvgIpc) is 2.51. The molecule has 114 valence electrons. The van der Waals surface area contributed by atoms with Gasteiger partial charge in [-0.1, -0.05) is 12.1 Å². The smallest absolute Gasteiger partial charge is 0.339 e. The molecule has 0 bridgehead atoms. The van der Waals surface area contributed by atoms with Gasteiger partial charge in [0.1, 0.15) is 0 Å². The molecular weight excluding hydrogens is 274 g/mol. The maximum Gasteiger partial charge on any atom is 0.339 e. The first-order chi connectivity index (χ1) is 10.0. The zero-order valence-corrected chi connectivity index (χ0v) is 12.4. The molecule has 21 heavy (non-hydrogen) atoms. The summed E-state index contributed by atoms with van der Waals surface area (Å²) in [6, 6.07) is 6.63. The molecule has 0 aromatic heterocycles. The van der Waals surface area contributed by atoms with Crippen LogP contribution in [0.3, 0.4) is 0 Å². The van der Waals surface area contributed by atoms with Crippen molar-refractivity contribution in [3.63, 3.8) is 0 Å². The van der Waals surface area contributed by atoms with Crippen molar-refractivity contribution in [3.8, 4) is 0 Å². The van der Waals surface area contributed by atoms with E-state index in [0.717, 1.165) is 0 Å². The summed E-state index contributed by atoms with van der Waals surface area (Å²) in [4.78, 5) is 36.4. The number of ether oxygens (including phenoxy) is 2. The fraction of sp³-hybridized carbons (Fsp3) is 0.400. The molecule has 0 unspecified atom stereocenters. The fourth-order valence-electron chi connectivity index (χ4n) is 1.79. The number of nitrogens with zero attached hydrogens (tertiary/aromatic N) is 1. The van der Waals surface area contributed by atoms with Crippen LogP contribution in [-0.4, -0.2) is 38.6 Å². The molecule has 0 spiro atoms. The molecule has 0 heterocycles. The van der Waals surface area contributed by atoms with Crippen molar-refractivity contribution in [2.75, 3.05) is 25.7 Å². The number of benzene rings is 1. The number of esters is 2. The van der Waals surface area contributed by atoms with Gasteiger partial charge in [0.05, 0.1) is 31.4 Å². The van der Waals surface area contributed by atoms with Gasteiger partial charge in [-0.2, -0.15) is 0 Å². The van der Waals surface area contributed by atoms with Crippen LogP contribution >= 0.6 is 0 Å². The van der Waals surface area contributed by atoms with Gasteiger partial charge in [-0.05, 0) is 19.1 Å². The third-order valence-electron chi connectivity index (χ3n) is 2.89. The Labute approximate surface area is 123 Å². The van der Waals surface area contributed by atoms with E-state index in [0.29, 0.717) is 11.3 Å². The summed E-state index contributed by atoms with van der Waals surface area (Å²) < 4.78 is 9.46. The highest BCUT2D eigenvalue weighted by molar-refractivity contribution is 6.02. The number of amides is 1. The van der Waals surface area contributed by atoms with Gasteiger partial charge in [-0.15, -0.1) is 0 Å². The molecule has 6 heteroatoms. The van der Waals surface area contributed by atoms with E-state index in [1.807, 2.05) is 0 Å². The second kappa shape index (κ2) is 8.04. The third-order valence-corrected chi connectivity index (χ3v) is 2.89. The van der Waals surface area contributed by atoms with Crippen molar-refractivity contribution in [3.05, 3.63) is 29.8 Å².